The Kier molecular flexibility index (Phi) is 6.34. The van der Waals surface area contributed by atoms with Crippen LogP contribution in [0.5, 0.6) is 0 Å². The predicted molar refractivity (Wildman–Crippen MR) is 115 cm³/mol. The normalized spacial score (nSPS) is 21.8. The Morgan fingerprint density at radius 2 is 1.86 bits per heavy atom. The van der Waals surface area contributed by atoms with Gasteiger partial charge >= 0.3 is 0 Å². The highest BCUT2D eigenvalue weighted by molar-refractivity contribution is 7.80. The molecule has 150 valence electrons. The molecule has 3 N–H and O–H groups in total. The molecule has 0 saturated heterocycles. The van der Waals surface area contributed by atoms with Crippen molar-refractivity contribution in [3.63, 3.8) is 0 Å². The number of nitrogens with zero attached hydrogens (tertiary/aromatic N) is 2. The number of nitrogens with one attached hydrogen (secondary N) is 3. The van der Waals surface area contributed by atoms with Gasteiger partial charge in [0.05, 0.1) is 22.6 Å². The maximum absolute atomic E-state index is 12.7. The summed E-state index contributed by atoms with van der Waals surface area (Å²) in [5.74, 6) is 0.988. The quantitative estimate of drug-likeness (QED) is 0.545. The summed E-state index contributed by atoms with van der Waals surface area (Å²) in [7, 11) is 0. The van der Waals surface area contributed by atoms with Gasteiger partial charge in [0.1, 0.15) is 0 Å². The fourth-order valence-electron chi connectivity index (χ4n) is 3.96. The summed E-state index contributed by atoms with van der Waals surface area (Å²) in [5, 5.41) is 8.32. The predicted octanol–water partition coefficient (Wildman–Crippen LogP) is 3.42. The second-order valence-electron chi connectivity index (χ2n) is 7.72. The highest BCUT2D eigenvalue weighted by atomic mass is 32.1. The van der Waals surface area contributed by atoms with Gasteiger partial charge in [-0.1, -0.05) is 44.9 Å². The van der Waals surface area contributed by atoms with E-state index in [1.54, 1.807) is 4.68 Å². The van der Waals surface area contributed by atoms with Crippen LogP contribution in [0.2, 0.25) is 0 Å². The lowest BCUT2D eigenvalue weighted by Gasteiger charge is -2.35. The van der Waals surface area contributed by atoms with Gasteiger partial charge in [0.25, 0.3) is 5.91 Å². The summed E-state index contributed by atoms with van der Waals surface area (Å²) in [6, 6.07) is 10.1. The lowest BCUT2D eigenvalue weighted by atomic mass is 9.78. The van der Waals surface area contributed by atoms with Gasteiger partial charge in [-0.05, 0) is 56.5 Å². The minimum Gasteiger partial charge on any atom is -0.358 e. The Morgan fingerprint density at radius 1 is 1.14 bits per heavy atom. The van der Waals surface area contributed by atoms with Crippen LogP contribution in [0.1, 0.15) is 54.9 Å². The van der Waals surface area contributed by atoms with Crippen LogP contribution in [0, 0.1) is 25.7 Å². The van der Waals surface area contributed by atoms with Crippen molar-refractivity contribution < 1.29 is 4.79 Å². The molecule has 1 aliphatic rings. The first-order valence-corrected chi connectivity index (χ1v) is 10.3. The molecule has 1 saturated carbocycles. The third-order valence-electron chi connectivity index (χ3n) is 5.83. The second-order valence-corrected chi connectivity index (χ2v) is 8.13. The zero-order chi connectivity index (χ0) is 20.3. The number of aromatic nitrogens is 2. The molecule has 0 unspecified atom stereocenters. The number of aryl methyl sites for hydroxylation is 1. The Bertz CT molecular complexity index is 848. The van der Waals surface area contributed by atoms with E-state index in [0.717, 1.165) is 17.8 Å². The molecule has 1 aromatic carbocycles. The van der Waals surface area contributed by atoms with Gasteiger partial charge in [0.15, 0.2) is 5.11 Å². The van der Waals surface area contributed by atoms with E-state index in [-0.39, 0.29) is 5.91 Å². The van der Waals surface area contributed by atoms with Crippen LogP contribution in [-0.4, -0.2) is 26.8 Å². The lowest BCUT2D eigenvalue weighted by Crippen LogP contribution is -2.52. The zero-order valence-corrected chi connectivity index (χ0v) is 17.8. The van der Waals surface area contributed by atoms with Gasteiger partial charge in [0, 0.05) is 6.04 Å². The van der Waals surface area contributed by atoms with Gasteiger partial charge in [0.2, 0.25) is 0 Å². The molecule has 1 aliphatic carbocycles. The Balaban J connectivity index is 1.62. The number of hydrogen-bond donors (Lipinski definition) is 3. The molecular formula is C21H29N5OS. The van der Waals surface area contributed by atoms with Crippen LogP contribution < -0.4 is 16.2 Å². The molecule has 3 rings (SSSR count). The van der Waals surface area contributed by atoms with Crippen LogP contribution in [0.3, 0.4) is 0 Å². The van der Waals surface area contributed by atoms with Crippen molar-refractivity contribution in [3.05, 3.63) is 47.3 Å². The van der Waals surface area contributed by atoms with Gasteiger partial charge in [-0.25, -0.2) is 4.68 Å². The maximum Gasteiger partial charge on any atom is 0.273 e. The number of benzene rings is 1. The van der Waals surface area contributed by atoms with Crippen LogP contribution in [0.25, 0.3) is 5.69 Å². The molecule has 0 bridgehead atoms. The molecule has 2 aromatic rings. The number of rotatable bonds is 3. The average molecular weight is 400 g/mol. The zero-order valence-electron chi connectivity index (χ0n) is 17.0. The molecule has 3 atom stereocenters. The number of amides is 1. The maximum atomic E-state index is 12.7. The standard InChI is InChI=1S/C21H29N5OS/c1-13-9-8-12-18(14(13)2)22-21(28)24-23-20(27)19-15(3)25-26(16(19)4)17-10-6-5-7-11-17/h5-7,10-11,13-14,18H,8-9,12H2,1-4H3,(H,23,27)(H2,22,24,28)/t13-,14+,18+/m1/s1. The molecule has 0 aliphatic heterocycles. The van der Waals surface area contributed by atoms with E-state index in [2.05, 4.69) is 35.1 Å². The van der Waals surface area contributed by atoms with E-state index in [1.165, 1.54) is 12.8 Å². The van der Waals surface area contributed by atoms with Gasteiger partial charge in [-0.2, -0.15) is 5.10 Å². The summed E-state index contributed by atoms with van der Waals surface area (Å²) < 4.78 is 1.78. The van der Waals surface area contributed by atoms with Crippen molar-refractivity contribution in [3.8, 4) is 5.69 Å². The summed E-state index contributed by atoms with van der Waals surface area (Å²) in [4.78, 5) is 12.7. The summed E-state index contributed by atoms with van der Waals surface area (Å²) >= 11 is 5.38. The molecule has 0 radical (unpaired) electrons. The average Bonchev–Trinajstić information content (AvgIpc) is 2.98. The summed E-state index contributed by atoms with van der Waals surface area (Å²) in [6.45, 7) is 8.27. The largest absolute Gasteiger partial charge is 0.358 e. The second kappa shape index (κ2) is 8.73. The highest BCUT2D eigenvalue weighted by Crippen LogP contribution is 2.29. The van der Waals surface area contributed by atoms with E-state index >= 15 is 0 Å². The molecule has 1 amide bonds. The Morgan fingerprint density at radius 3 is 2.57 bits per heavy atom. The SMILES string of the molecule is Cc1nn(-c2ccccc2)c(C)c1C(=O)NNC(=S)N[C@H]1CCC[C@@H](C)[C@@H]1C. The van der Waals surface area contributed by atoms with Crippen molar-refractivity contribution in [1.29, 1.82) is 0 Å². The molecule has 6 nitrogen and oxygen atoms in total. The fourth-order valence-corrected chi connectivity index (χ4v) is 4.16. The van der Waals surface area contributed by atoms with Gasteiger partial charge in [-0.3, -0.25) is 15.6 Å². The first-order chi connectivity index (χ1) is 13.4. The van der Waals surface area contributed by atoms with E-state index in [4.69, 9.17) is 12.2 Å². The van der Waals surface area contributed by atoms with E-state index < -0.39 is 0 Å². The van der Waals surface area contributed by atoms with Crippen molar-refractivity contribution >= 4 is 23.2 Å². The third-order valence-corrected chi connectivity index (χ3v) is 6.05. The number of carbonyl (C=O) groups excluding carboxylic acids is 1. The first kappa shape index (κ1) is 20.3. The fraction of sp³-hybridized carbons (Fsp3) is 0.476. The first-order valence-electron chi connectivity index (χ1n) is 9.87. The monoisotopic (exact) mass is 399 g/mol. The number of hydrazine groups is 1. The molecule has 7 heteroatoms. The minimum atomic E-state index is -0.244. The Labute approximate surface area is 172 Å². The summed E-state index contributed by atoms with van der Waals surface area (Å²) in [5.41, 5.74) is 8.51. The van der Waals surface area contributed by atoms with Crippen LogP contribution in [0.4, 0.5) is 0 Å². The van der Waals surface area contributed by atoms with E-state index in [0.29, 0.717) is 34.2 Å². The number of hydrogen-bond acceptors (Lipinski definition) is 3. The molecule has 1 aromatic heterocycles. The van der Waals surface area contributed by atoms with Gasteiger partial charge in [-0.15, -0.1) is 0 Å². The van der Waals surface area contributed by atoms with Crippen molar-refractivity contribution in [2.75, 3.05) is 0 Å². The van der Waals surface area contributed by atoms with E-state index in [9.17, 15) is 4.79 Å². The topological polar surface area (TPSA) is 71.0 Å². The minimum absolute atomic E-state index is 0.244. The third kappa shape index (κ3) is 4.35. The Hall–Kier alpha value is -2.41. The molecule has 0 spiro atoms. The molecule has 28 heavy (non-hydrogen) atoms. The van der Waals surface area contributed by atoms with Crippen molar-refractivity contribution in [2.45, 2.75) is 53.0 Å². The van der Waals surface area contributed by atoms with Crippen LogP contribution in [-0.2, 0) is 0 Å². The highest BCUT2D eigenvalue weighted by Gasteiger charge is 2.27. The molecule has 1 fully saturated rings. The lowest BCUT2D eigenvalue weighted by molar-refractivity contribution is 0.0942. The van der Waals surface area contributed by atoms with Crippen molar-refractivity contribution in [1.82, 2.24) is 25.9 Å². The smallest absolute Gasteiger partial charge is 0.273 e. The van der Waals surface area contributed by atoms with Gasteiger partial charge < -0.3 is 5.32 Å². The molecular weight excluding hydrogens is 370 g/mol. The van der Waals surface area contributed by atoms with Crippen molar-refractivity contribution in [2.24, 2.45) is 11.8 Å². The molecule has 1 heterocycles. The number of carbonyl (C=O) groups is 1. The number of para-hydroxylation sites is 1. The van der Waals surface area contributed by atoms with Crippen LogP contribution in [0.15, 0.2) is 30.3 Å². The van der Waals surface area contributed by atoms with E-state index in [1.807, 2.05) is 44.2 Å². The number of thiocarbonyl (C=S) groups is 1. The summed E-state index contributed by atoms with van der Waals surface area (Å²) in [6.07, 6.45) is 3.57. The van der Waals surface area contributed by atoms with Crippen LogP contribution >= 0.6 is 12.2 Å².